The number of rotatable bonds is 3. The number of nitrogens with zero attached hydrogens (tertiary/aromatic N) is 2. The van der Waals surface area contributed by atoms with Crippen LogP contribution in [0.5, 0.6) is 0 Å². The van der Waals surface area contributed by atoms with E-state index in [-0.39, 0.29) is 11.6 Å². The summed E-state index contributed by atoms with van der Waals surface area (Å²) in [5.74, 6) is -1.22. The summed E-state index contributed by atoms with van der Waals surface area (Å²) in [4.78, 5) is 28.8. The number of carboxylic acids is 1. The lowest BCUT2D eigenvalue weighted by molar-refractivity contribution is 0.0695. The normalized spacial score (nSPS) is 13.9. The summed E-state index contributed by atoms with van der Waals surface area (Å²) in [6.07, 6.45) is 3.41. The van der Waals surface area contributed by atoms with E-state index in [4.69, 9.17) is 5.73 Å². The number of carbonyl (C=O) groups is 1. The van der Waals surface area contributed by atoms with E-state index in [0.717, 1.165) is 46.4 Å². The van der Waals surface area contributed by atoms with Crippen LogP contribution < -0.4 is 11.2 Å². The second-order valence-electron chi connectivity index (χ2n) is 7.32. The molecule has 0 saturated heterocycles. The molecule has 1 aliphatic carbocycles. The van der Waals surface area contributed by atoms with E-state index in [9.17, 15) is 14.7 Å². The van der Waals surface area contributed by atoms with Gasteiger partial charge in [-0.3, -0.25) is 9.78 Å². The smallest absolute Gasteiger partial charge is 0.341 e. The Morgan fingerprint density at radius 3 is 2.37 bits per heavy atom. The van der Waals surface area contributed by atoms with Gasteiger partial charge in [0.1, 0.15) is 5.56 Å². The summed E-state index contributed by atoms with van der Waals surface area (Å²) in [6, 6.07) is 5.97. The first-order valence-corrected chi connectivity index (χ1v) is 8.94. The van der Waals surface area contributed by atoms with E-state index in [1.54, 1.807) is 6.07 Å². The molecule has 1 fully saturated rings. The minimum Gasteiger partial charge on any atom is -0.477 e. The Bertz CT molecular complexity index is 1150. The van der Waals surface area contributed by atoms with E-state index in [1.165, 1.54) is 6.20 Å². The fourth-order valence-electron chi connectivity index (χ4n) is 3.83. The number of nitrogen functional groups attached to an aromatic ring is 1. The maximum absolute atomic E-state index is 12.8. The summed E-state index contributed by atoms with van der Waals surface area (Å²) in [6.45, 7) is 5.84. The molecule has 1 aromatic carbocycles. The number of hydrogen-bond donors (Lipinski definition) is 2. The summed E-state index contributed by atoms with van der Waals surface area (Å²) in [5, 5.41) is 9.74. The van der Waals surface area contributed by atoms with Gasteiger partial charge in [0, 0.05) is 29.3 Å². The van der Waals surface area contributed by atoms with Crippen molar-refractivity contribution in [2.75, 3.05) is 5.73 Å². The van der Waals surface area contributed by atoms with Crippen molar-refractivity contribution < 1.29 is 9.90 Å². The number of aromatic nitrogens is 2. The molecule has 0 unspecified atom stereocenters. The molecule has 1 saturated carbocycles. The van der Waals surface area contributed by atoms with Crippen LogP contribution in [-0.2, 0) is 0 Å². The van der Waals surface area contributed by atoms with Gasteiger partial charge in [0.25, 0.3) is 0 Å². The molecule has 27 heavy (non-hydrogen) atoms. The van der Waals surface area contributed by atoms with Crippen molar-refractivity contribution in [1.82, 2.24) is 9.55 Å². The first-order valence-electron chi connectivity index (χ1n) is 8.94. The fraction of sp³-hybridized carbons (Fsp3) is 0.286. The molecule has 2 aromatic heterocycles. The van der Waals surface area contributed by atoms with Gasteiger partial charge < -0.3 is 15.4 Å². The van der Waals surface area contributed by atoms with Gasteiger partial charge in [-0.2, -0.15) is 0 Å². The second kappa shape index (κ2) is 5.94. The molecule has 0 radical (unpaired) electrons. The molecular weight excluding hydrogens is 342 g/mol. The Morgan fingerprint density at radius 2 is 1.81 bits per heavy atom. The first-order chi connectivity index (χ1) is 12.8. The highest BCUT2D eigenvalue weighted by molar-refractivity contribution is 6.01. The molecule has 4 rings (SSSR count). The molecule has 138 valence electrons. The molecule has 2 heterocycles. The summed E-state index contributed by atoms with van der Waals surface area (Å²) in [7, 11) is 0. The van der Waals surface area contributed by atoms with Crippen molar-refractivity contribution in [3.05, 3.63) is 57.1 Å². The molecule has 0 spiro atoms. The molecule has 0 bridgehead atoms. The monoisotopic (exact) mass is 363 g/mol. The van der Waals surface area contributed by atoms with Crippen molar-refractivity contribution in [1.29, 1.82) is 0 Å². The Labute approximate surface area is 156 Å². The molecule has 6 heteroatoms. The zero-order chi connectivity index (χ0) is 19.5. The van der Waals surface area contributed by atoms with Crippen LogP contribution in [-0.4, -0.2) is 20.6 Å². The average Bonchev–Trinajstić information content (AvgIpc) is 3.41. The van der Waals surface area contributed by atoms with Crippen LogP contribution in [0.15, 0.2) is 29.2 Å². The van der Waals surface area contributed by atoms with Gasteiger partial charge in [0.2, 0.25) is 5.43 Å². The van der Waals surface area contributed by atoms with Crippen molar-refractivity contribution in [2.24, 2.45) is 0 Å². The van der Waals surface area contributed by atoms with Crippen LogP contribution in [0.3, 0.4) is 0 Å². The summed E-state index contributed by atoms with van der Waals surface area (Å²) in [5.41, 5.74) is 11.2. The standard InChI is InChI=1S/C21H21N3O3/c1-10-6-13(7-11(2)23-10)15-8-17(22)18-19(12(15)3)24(14-4-5-14)9-16(20(18)25)21(26)27/h6-9,14H,4-5,22H2,1-3H3,(H,26,27). The Hall–Kier alpha value is -3.15. The molecule has 0 aliphatic heterocycles. The van der Waals surface area contributed by atoms with E-state index >= 15 is 0 Å². The van der Waals surface area contributed by atoms with E-state index in [0.29, 0.717) is 11.1 Å². The Morgan fingerprint density at radius 1 is 1.19 bits per heavy atom. The lowest BCUT2D eigenvalue weighted by Crippen LogP contribution is -2.20. The van der Waals surface area contributed by atoms with Crippen LogP contribution in [0.4, 0.5) is 5.69 Å². The maximum atomic E-state index is 12.8. The topological polar surface area (TPSA) is 98.2 Å². The number of pyridine rings is 2. The van der Waals surface area contributed by atoms with Crippen molar-refractivity contribution in [3.63, 3.8) is 0 Å². The molecular formula is C21H21N3O3. The summed E-state index contributed by atoms with van der Waals surface area (Å²) >= 11 is 0. The Balaban J connectivity index is 2.13. The van der Waals surface area contributed by atoms with Gasteiger partial charge in [0.15, 0.2) is 0 Å². The number of fused-ring (bicyclic) bond motifs is 1. The van der Waals surface area contributed by atoms with Crippen LogP contribution in [0.1, 0.15) is 46.2 Å². The minimum absolute atomic E-state index is 0.209. The average molecular weight is 363 g/mol. The van der Waals surface area contributed by atoms with Crippen molar-refractivity contribution in [3.8, 4) is 11.1 Å². The number of nitrogens with two attached hydrogens (primary N) is 1. The van der Waals surface area contributed by atoms with Crippen LogP contribution >= 0.6 is 0 Å². The van der Waals surface area contributed by atoms with E-state index < -0.39 is 11.4 Å². The number of aryl methyl sites for hydroxylation is 3. The zero-order valence-corrected chi connectivity index (χ0v) is 15.5. The van der Waals surface area contributed by atoms with Crippen LogP contribution in [0.2, 0.25) is 0 Å². The largest absolute Gasteiger partial charge is 0.477 e. The number of aromatic carboxylic acids is 1. The highest BCUT2D eigenvalue weighted by atomic mass is 16.4. The van der Waals surface area contributed by atoms with Crippen molar-refractivity contribution >= 4 is 22.6 Å². The molecule has 6 nitrogen and oxygen atoms in total. The molecule has 3 N–H and O–H groups in total. The van der Waals surface area contributed by atoms with Crippen LogP contribution in [0.25, 0.3) is 22.0 Å². The van der Waals surface area contributed by atoms with E-state index in [1.807, 2.05) is 37.5 Å². The zero-order valence-electron chi connectivity index (χ0n) is 15.5. The van der Waals surface area contributed by atoms with Gasteiger partial charge in [-0.15, -0.1) is 0 Å². The predicted octanol–water partition coefficient (Wildman–Crippen LogP) is 3.60. The maximum Gasteiger partial charge on any atom is 0.341 e. The number of carboxylic acid groups (broad SMARTS) is 1. The van der Waals surface area contributed by atoms with Gasteiger partial charge in [-0.05, 0) is 68.5 Å². The van der Waals surface area contributed by atoms with Gasteiger partial charge in [-0.25, -0.2) is 4.79 Å². The third-order valence-corrected chi connectivity index (χ3v) is 5.15. The van der Waals surface area contributed by atoms with Gasteiger partial charge in [0.05, 0.1) is 10.9 Å². The lowest BCUT2D eigenvalue weighted by atomic mass is 9.95. The molecule has 1 aliphatic rings. The second-order valence-corrected chi connectivity index (χ2v) is 7.32. The van der Waals surface area contributed by atoms with Crippen molar-refractivity contribution in [2.45, 2.75) is 39.7 Å². The molecule has 0 amide bonds. The SMILES string of the molecule is Cc1cc(-c2cc(N)c3c(=O)c(C(=O)O)cn(C4CC4)c3c2C)cc(C)n1. The number of hydrogen-bond acceptors (Lipinski definition) is 4. The van der Waals surface area contributed by atoms with Crippen LogP contribution in [0, 0.1) is 20.8 Å². The third-order valence-electron chi connectivity index (χ3n) is 5.15. The molecule has 0 atom stereocenters. The highest BCUT2D eigenvalue weighted by Crippen LogP contribution is 2.40. The lowest BCUT2D eigenvalue weighted by Gasteiger charge is -2.18. The quantitative estimate of drug-likeness (QED) is 0.693. The fourth-order valence-corrected chi connectivity index (χ4v) is 3.83. The molecule has 3 aromatic rings. The predicted molar refractivity (Wildman–Crippen MR) is 105 cm³/mol. The number of anilines is 1. The van der Waals surface area contributed by atoms with E-state index in [2.05, 4.69) is 4.98 Å². The summed E-state index contributed by atoms with van der Waals surface area (Å²) < 4.78 is 1.93. The third kappa shape index (κ3) is 2.77. The first kappa shape index (κ1) is 17.3. The van der Waals surface area contributed by atoms with Gasteiger partial charge in [-0.1, -0.05) is 0 Å². The minimum atomic E-state index is -1.22. The highest BCUT2D eigenvalue weighted by Gasteiger charge is 2.28. The van der Waals surface area contributed by atoms with Gasteiger partial charge >= 0.3 is 5.97 Å². The number of benzene rings is 1. The Kier molecular flexibility index (Phi) is 3.80.